The number of carbonyl (C=O) groups excluding carboxylic acids is 1. The molecule has 2 aliphatic rings. The van der Waals surface area contributed by atoms with Gasteiger partial charge in [-0.25, -0.2) is 9.59 Å². The molecular weight excluding hydrogens is 410 g/mol. The van der Waals surface area contributed by atoms with Gasteiger partial charge >= 0.3 is 11.7 Å². The highest BCUT2D eigenvalue weighted by molar-refractivity contribution is 5.89. The summed E-state index contributed by atoms with van der Waals surface area (Å²) >= 11 is 0. The van der Waals surface area contributed by atoms with Crippen molar-refractivity contribution < 1.29 is 14.3 Å². The minimum atomic E-state index is -0.499. The number of aromatic amines is 1. The van der Waals surface area contributed by atoms with E-state index in [9.17, 15) is 14.4 Å². The van der Waals surface area contributed by atoms with E-state index in [1.54, 1.807) is 18.3 Å². The van der Waals surface area contributed by atoms with Crippen molar-refractivity contribution in [2.45, 2.75) is 70.2 Å². The summed E-state index contributed by atoms with van der Waals surface area (Å²) < 4.78 is 12.9. The predicted molar refractivity (Wildman–Crippen MR) is 121 cm³/mol. The molecule has 1 N–H and O–H groups in total. The Hall–Kier alpha value is -2.87. The average Bonchev–Trinajstić information content (AvgIpc) is 3.27. The lowest BCUT2D eigenvalue weighted by atomic mass is 9.94. The molecule has 0 spiro atoms. The first-order valence-corrected chi connectivity index (χ1v) is 11.4. The van der Waals surface area contributed by atoms with E-state index in [0.29, 0.717) is 30.1 Å². The fourth-order valence-electron chi connectivity index (χ4n) is 4.56. The molecule has 172 valence electrons. The van der Waals surface area contributed by atoms with Crippen LogP contribution in [0.3, 0.4) is 0 Å². The minimum Gasteiger partial charge on any atom is -0.459 e. The Morgan fingerprint density at radius 1 is 1.12 bits per heavy atom. The van der Waals surface area contributed by atoms with Crippen molar-refractivity contribution in [3.8, 4) is 0 Å². The number of H-pyrrole nitrogens is 1. The van der Waals surface area contributed by atoms with Crippen LogP contribution in [0.5, 0.6) is 0 Å². The summed E-state index contributed by atoms with van der Waals surface area (Å²) in [5, 5.41) is 0. The molecule has 0 unspecified atom stereocenters. The molecule has 0 bridgehead atoms. The minimum absolute atomic E-state index is 0.121. The summed E-state index contributed by atoms with van der Waals surface area (Å²) in [5.74, 6) is -0.394. The number of nitrogens with one attached hydrogen (secondary N) is 1. The van der Waals surface area contributed by atoms with Crippen LogP contribution >= 0.6 is 0 Å². The monoisotopic (exact) mass is 441 g/mol. The van der Waals surface area contributed by atoms with E-state index in [1.165, 1.54) is 11.0 Å². The molecule has 4 rings (SSSR count). The molecule has 1 saturated heterocycles. The fraction of sp³-hybridized carbons (Fsp3) is 0.542. The number of esters is 1. The number of aryl methyl sites for hydroxylation is 1. The second-order valence-corrected chi connectivity index (χ2v) is 8.84. The van der Waals surface area contributed by atoms with E-state index in [2.05, 4.69) is 4.98 Å². The topological polar surface area (TPSA) is 93.6 Å². The normalized spacial score (nSPS) is 21.4. The number of carbonyl (C=O) groups is 1. The van der Waals surface area contributed by atoms with E-state index >= 15 is 0 Å². The van der Waals surface area contributed by atoms with Gasteiger partial charge < -0.3 is 14.4 Å². The maximum atomic E-state index is 12.5. The van der Waals surface area contributed by atoms with Crippen LogP contribution in [0.1, 0.15) is 67.1 Å². The highest BCUT2D eigenvalue weighted by atomic mass is 16.6. The van der Waals surface area contributed by atoms with Gasteiger partial charge in [-0.2, -0.15) is 0 Å². The summed E-state index contributed by atoms with van der Waals surface area (Å²) in [4.78, 5) is 41.6. The van der Waals surface area contributed by atoms with Gasteiger partial charge in [-0.1, -0.05) is 37.0 Å². The van der Waals surface area contributed by atoms with Gasteiger partial charge in [0.15, 0.2) is 0 Å². The fourth-order valence-corrected chi connectivity index (χ4v) is 4.56. The van der Waals surface area contributed by atoms with E-state index in [-0.39, 0.29) is 18.3 Å². The Kier molecular flexibility index (Phi) is 6.79. The van der Waals surface area contributed by atoms with Gasteiger partial charge in [0.2, 0.25) is 0 Å². The van der Waals surface area contributed by atoms with Crippen molar-refractivity contribution in [1.82, 2.24) is 9.55 Å². The van der Waals surface area contributed by atoms with Crippen LogP contribution in [0.4, 0.5) is 5.69 Å². The molecule has 0 amide bonds. The van der Waals surface area contributed by atoms with Crippen LogP contribution < -0.4 is 16.1 Å². The highest BCUT2D eigenvalue weighted by Gasteiger charge is 2.30. The second-order valence-electron chi connectivity index (χ2n) is 8.84. The van der Waals surface area contributed by atoms with Gasteiger partial charge in [-0.3, -0.25) is 14.3 Å². The number of hydrogen-bond donors (Lipinski definition) is 1. The van der Waals surface area contributed by atoms with E-state index in [4.69, 9.17) is 9.47 Å². The Bertz CT molecular complexity index is 1050. The zero-order chi connectivity index (χ0) is 22.7. The molecular formula is C24H31N3O5. The molecule has 1 aliphatic heterocycles. The standard InChI is InChI=1S/C24H31N3O5/c1-16-8-10-17(11-9-16)23(29)31-15-19-12-13-21(32-19)27-14-20(22(28)25-24(27)30)26(2)18-6-4-3-5-7-18/h8-11,14,18-19,21H,3-7,12-13,15H2,1-2H3,(H,25,28,30)/t19-,21+/m1/s1. The summed E-state index contributed by atoms with van der Waals surface area (Å²) in [6.45, 7) is 2.08. The summed E-state index contributed by atoms with van der Waals surface area (Å²) in [7, 11) is 1.91. The number of hydrogen-bond acceptors (Lipinski definition) is 6. The number of aromatic nitrogens is 2. The SMILES string of the molecule is Cc1ccc(C(=O)OC[C@H]2CC[C@@H](n3cc(N(C)C4CCCCC4)c(=O)[nH]c3=O)O2)cc1. The zero-order valence-electron chi connectivity index (χ0n) is 18.7. The molecule has 8 heteroatoms. The van der Waals surface area contributed by atoms with Crippen molar-refractivity contribution in [3.05, 3.63) is 62.4 Å². The van der Waals surface area contributed by atoms with Crippen LogP contribution in [0, 0.1) is 6.92 Å². The van der Waals surface area contributed by atoms with Crippen molar-refractivity contribution in [2.24, 2.45) is 0 Å². The number of nitrogens with zero attached hydrogens (tertiary/aromatic N) is 2. The molecule has 1 saturated carbocycles. The van der Waals surface area contributed by atoms with Gasteiger partial charge in [-0.05, 0) is 44.7 Å². The molecule has 1 aromatic heterocycles. The number of anilines is 1. The van der Waals surface area contributed by atoms with Gasteiger partial charge in [0.05, 0.1) is 11.7 Å². The van der Waals surface area contributed by atoms with Crippen molar-refractivity contribution in [2.75, 3.05) is 18.6 Å². The summed E-state index contributed by atoms with van der Waals surface area (Å²) in [5.41, 5.74) is 1.19. The second kappa shape index (κ2) is 9.73. The molecule has 1 aromatic carbocycles. The Morgan fingerprint density at radius 2 is 1.84 bits per heavy atom. The lowest BCUT2D eigenvalue weighted by Gasteiger charge is -2.32. The van der Waals surface area contributed by atoms with Crippen LogP contribution in [-0.2, 0) is 9.47 Å². The third-order valence-electron chi connectivity index (χ3n) is 6.53. The van der Waals surface area contributed by atoms with Crippen molar-refractivity contribution >= 4 is 11.7 Å². The maximum Gasteiger partial charge on any atom is 0.338 e. The maximum absolute atomic E-state index is 12.5. The first-order chi connectivity index (χ1) is 15.4. The van der Waals surface area contributed by atoms with E-state index < -0.39 is 17.9 Å². The first kappa shape index (κ1) is 22.3. The smallest absolute Gasteiger partial charge is 0.338 e. The number of rotatable bonds is 6. The van der Waals surface area contributed by atoms with Crippen LogP contribution in [0.15, 0.2) is 40.1 Å². The van der Waals surface area contributed by atoms with Crippen molar-refractivity contribution in [1.29, 1.82) is 0 Å². The van der Waals surface area contributed by atoms with Crippen LogP contribution in [-0.4, -0.2) is 41.3 Å². The van der Waals surface area contributed by atoms with Crippen LogP contribution in [0.2, 0.25) is 0 Å². The lowest BCUT2D eigenvalue weighted by Crippen LogP contribution is -2.41. The summed E-state index contributed by atoms with van der Waals surface area (Å²) in [6, 6.07) is 7.50. The molecule has 32 heavy (non-hydrogen) atoms. The highest BCUT2D eigenvalue weighted by Crippen LogP contribution is 2.29. The molecule has 2 heterocycles. The van der Waals surface area contributed by atoms with Gasteiger partial charge in [0, 0.05) is 19.3 Å². The van der Waals surface area contributed by atoms with Gasteiger partial charge in [0.1, 0.15) is 18.5 Å². The third kappa shape index (κ3) is 4.96. The molecule has 2 aromatic rings. The average molecular weight is 442 g/mol. The molecule has 1 aliphatic carbocycles. The van der Waals surface area contributed by atoms with Gasteiger partial charge in [-0.15, -0.1) is 0 Å². The lowest BCUT2D eigenvalue weighted by molar-refractivity contribution is -0.0339. The molecule has 2 atom stereocenters. The zero-order valence-corrected chi connectivity index (χ0v) is 18.7. The Balaban J connectivity index is 1.41. The number of benzene rings is 1. The quantitative estimate of drug-likeness (QED) is 0.692. The van der Waals surface area contributed by atoms with E-state index in [0.717, 1.165) is 31.2 Å². The largest absolute Gasteiger partial charge is 0.459 e. The molecule has 2 fully saturated rings. The van der Waals surface area contributed by atoms with Crippen LogP contribution in [0.25, 0.3) is 0 Å². The van der Waals surface area contributed by atoms with E-state index in [1.807, 2.05) is 31.0 Å². The number of ether oxygens (including phenoxy) is 2. The van der Waals surface area contributed by atoms with Gasteiger partial charge in [0.25, 0.3) is 5.56 Å². The Labute approximate surface area is 187 Å². The predicted octanol–water partition coefficient (Wildman–Crippen LogP) is 3.15. The third-order valence-corrected chi connectivity index (χ3v) is 6.53. The molecule has 0 radical (unpaired) electrons. The summed E-state index contributed by atoms with van der Waals surface area (Å²) in [6.07, 6.45) is 7.70. The van der Waals surface area contributed by atoms with Crippen molar-refractivity contribution in [3.63, 3.8) is 0 Å². The molecule has 8 nitrogen and oxygen atoms in total. The Morgan fingerprint density at radius 3 is 2.56 bits per heavy atom. The first-order valence-electron chi connectivity index (χ1n) is 11.4.